The molecule has 18 heavy (non-hydrogen) atoms. The summed E-state index contributed by atoms with van der Waals surface area (Å²) in [6, 6.07) is 0. The van der Waals surface area contributed by atoms with E-state index in [4.69, 9.17) is 9.47 Å². The van der Waals surface area contributed by atoms with Gasteiger partial charge in [0, 0.05) is 13.7 Å². The highest BCUT2D eigenvalue weighted by atomic mass is 19.4. The van der Waals surface area contributed by atoms with Crippen molar-refractivity contribution in [2.45, 2.75) is 25.6 Å². The molecule has 1 N–H and O–H groups in total. The van der Waals surface area contributed by atoms with Crippen LogP contribution in [0.5, 0.6) is 0 Å². The lowest BCUT2D eigenvalue weighted by atomic mass is 10.3. The number of alkyl halides is 3. The smallest absolute Gasteiger partial charge is 0.389 e. The predicted molar refractivity (Wildman–Crippen MR) is 61.5 cm³/mol. The molecule has 0 aromatic rings. The summed E-state index contributed by atoms with van der Waals surface area (Å²) in [4.78, 5) is 1.18. The van der Waals surface area contributed by atoms with Crippen molar-refractivity contribution >= 4 is 0 Å². The van der Waals surface area contributed by atoms with E-state index in [0.717, 1.165) is 0 Å². The van der Waals surface area contributed by atoms with Gasteiger partial charge in [0.25, 0.3) is 0 Å². The number of hydrogen-bond donors (Lipinski definition) is 1. The van der Waals surface area contributed by atoms with Gasteiger partial charge in [0.15, 0.2) is 0 Å². The zero-order valence-corrected chi connectivity index (χ0v) is 10.9. The maximum Gasteiger partial charge on any atom is 0.401 e. The van der Waals surface area contributed by atoms with Crippen LogP contribution in [0.1, 0.15) is 13.3 Å². The van der Waals surface area contributed by atoms with Crippen LogP contribution < -0.4 is 0 Å². The Bertz CT molecular complexity index is 202. The fourth-order valence-corrected chi connectivity index (χ4v) is 1.52. The van der Waals surface area contributed by atoms with Crippen molar-refractivity contribution < 1.29 is 27.8 Å². The van der Waals surface area contributed by atoms with Crippen LogP contribution in [0.3, 0.4) is 0 Å². The van der Waals surface area contributed by atoms with Crippen LogP contribution in [0.2, 0.25) is 0 Å². The lowest BCUT2D eigenvalue weighted by Gasteiger charge is -2.25. The highest BCUT2D eigenvalue weighted by Crippen LogP contribution is 2.16. The quantitative estimate of drug-likeness (QED) is 0.609. The van der Waals surface area contributed by atoms with Gasteiger partial charge in [-0.05, 0) is 13.0 Å². The van der Waals surface area contributed by atoms with Crippen LogP contribution >= 0.6 is 0 Å². The zero-order valence-electron chi connectivity index (χ0n) is 10.9. The minimum Gasteiger partial charge on any atom is -0.389 e. The van der Waals surface area contributed by atoms with Crippen molar-refractivity contribution in [1.82, 2.24) is 4.90 Å². The van der Waals surface area contributed by atoms with Gasteiger partial charge in [-0.25, -0.2) is 0 Å². The molecule has 0 aliphatic heterocycles. The third-order valence-electron chi connectivity index (χ3n) is 2.15. The first kappa shape index (κ1) is 17.6. The molecule has 0 saturated carbocycles. The van der Waals surface area contributed by atoms with Gasteiger partial charge in [0.1, 0.15) is 0 Å². The van der Waals surface area contributed by atoms with E-state index in [1.807, 2.05) is 0 Å². The molecule has 0 aliphatic rings. The Morgan fingerprint density at radius 2 is 1.94 bits per heavy atom. The molecule has 1 atom stereocenters. The van der Waals surface area contributed by atoms with Gasteiger partial charge < -0.3 is 14.6 Å². The Balaban J connectivity index is 3.91. The van der Waals surface area contributed by atoms with E-state index in [1.54, 1.807) is 6.92 Å². The summed E-state index contributed by atoms with van der Waals surface area (Å²) < 4.78 is 46.6. The van der Waals surface area contributed by atoms with Gasteiger partial charge in [0.2, 0.25) is 0 Å². The number of aliphatic hydroxyl groups is 1. The molecule has 0 radical (unpaired) electrons. The van der Waals surface area contributed by atoms with Gasteiger partial charge in [-0.15, -0.1) is 0 Å². The van der Waals surface area contributed by atoms with Crippen LogP contribution in [0.4, 0.5) is 13.2 Å². The highest BCUT2D eigenvalue weighted by molar-refractivity contribution is 4.67. The van der Waals surface area contributed by atoms with Gasteiger partial charge >= 0.3 is 6.18 Å². The summed E-state index contributed by atoms with van der Waals surface area (Å²) in [6.07, 6.45) is -4.56. The second-order valence-electron chi connectivity index (χ2n) is 4.07. The second kappa shape index (κ2) is 9.55. The van der Waals surface area contributed by atoms with Crippen molar-refractivity contribution in [3.8, 4) is 0 Å². The molecule has 0 heterocycles. The maximum absolute atomic E-state index is 12.3. The molecule has 0 aliphatic carbocycles. The normalized spacial score (nSPS) is 14.2. The third kappa shape index (κ3) is 10.8. The number of methoxy groups -OCH3 is 1. The van der Waals surface area contributed by atoms with Crippen LogP contribution in [0, 0.1) is 0 Å². The Kier molecular flexibility index (Phi) is 9.35. The van der Waals surface area contributed by atoms with Crippen LogP contribution in [0.15, 0.2) is 0 Å². The molecular weight excluding hydrogens is 251 g/mol. The molecule has 0 bridgehead atoms. The van der Waals surface area contributed by atoms with E-state index in [1.165, 1.54) is 12.0 Å². The zero-order chi connectivity index (χ0) is 14.0. The van der Waals surface area contributed by atoms with Gasteiger partial charge in [-0.3, -0.25) is 4.90 Å². The van der Waals surface area contributed by atoms with E-state index in [0.29, 0.717) is 26.2 Å². The molecule has 0 saturated heterocycles. The average Bonchev–Trinajstić information content (AvgIpc) is 2.22. The summed E-state index contributed by atoms with van der Waals surface area (Å²) >= 11 is 0. The molecule has 0 spiro atoms. The fourth-order valence-electron chi connectivity index (χ4n) is 1.52. The maximum atomic E-state index is 12.3. The van der Waals surface area contributed by atoms with E-state index >= 15 is 0 Å². The molecule has 0 aromatic heterocycles. The summed E-state index contributed by atoms with van der Waals surface area (Å²) in [5, 5.41) is 9.57. The van der Waals surface area contributed by atoms with Gasteiger partial charge in [0.05, 0.1) is 32.5 Å². The Morgan fingerprint density at radius 1 is 1.28 bits per heavy atom. The van der Waals surface area contributed by atoms with E-state index in [2.05, 4.69) is 0 Å². The lowest BCUT2D eigenvalue weighted by Crippen LogP contribution is -2.41. The molecular formula is C11H22F3NO3. The number of aliphatic hydroxyl groups excluding tert-OH is 1. The molecule has 0 fully saturated rings. The number of ether oxygens (including phenoxy) is 2. The summed E-state index contributed by atoms with van der Waals surface area (Å²) in [5.74, 6) is 0. The van der Waals surface area contributed by atoms with Crippen molar-refractivity contribution in [3.63, 3.8) is 0 Å². The number of halogens is 3. The van der Waals surface area contributed by atoms with Crippen LogP contribution in [0.25, 0.3) is 0 Å². The molecule has 110 valence electrons. The Hall–Kier alpha value is -0.370. The average molecular weight is 273 g/mol. The van der Waals surface area contributed by atoms with Crippen molar-refractivity contribution in [2.75, 3.05) is 46.6 Å². The van der Waals surface area contributed by atoms with Crippen molar-refractivity contribution in [3.05, 3.63) is 0 Å². The minimum absolute atomic E-state index is 0.0153. The first-order valence-electron chi connectivity index (χ1n) is 5.93. The molecule has 7 heteroatoms. The minimum atomic E-state index is -4.24. The molecule has 0 aromatic carbocycles. The topological polar surface area (TPSA) is 41.9 Å². The van der Waals surface area contributed by atoms with Gasteiger partial charge in [-0.2, -0.15) is 13.2 Å². The van der Waals surface area contributed by atoms with Crippen molar-refractivity contribution in [2.24, 2.45) is 0 Å². The predicted octanol–water partition coefficient (Wildman–Crippen LogP) is 1.28. The first-order valence-corrected chi connectivity index (χ1v) is 5.93. The Morgan fingerprint density at radius 3 is 2.44 bits per heavy atom. The summed E-state index contributed by atoms with van der Waals surface area (Å²) in [6.45, 7) is 1.78. The lowest BCUT2D eigenvalue weighted by molar-refractivity contribution is -0.149. The van der Waals surface area contributed by atoms with E-state index in [9.17, 15) is 18.3 Å². The second-order valence-corrected chi connectivity index (χ2v) is 4.07. The number of rotatable bonds is 10. The third-order valence-corrected chi connectivity index (χ3v) is 2.15. The number of nitrogens with zero attached hydrogens (tertiary/aromatic N) is 1. The van der Waals surface area contributed by atoms with Crippen molar-refractivity contribution in [1.29, 1.82) is 0 Å². The van der Waals surface area contributed by atoms with Crippen LogP contribution in [-0.4, -0.2) is 68.9 Å². The number of hydrogen-bond acceptors (Lipinski definition) is 4. The molecule has 0 rings (SSSR count). The molecule has 0 amide bonds. The van der Waals surface area contributed by atoms with Gasteiger partial charge in [-0.1, -0.05) is 6.92 Å². The standard InChI is InChI=1S/C11H22F3NO3/c1-3-4-15(9-11(12,13)14)7-10(16)8-18-6-5-17-2/h10,16H,3-9H2,1-2H3. The monoisotopic (exact) mass is 273 g/mol. The summed E-state index contributed by atoms with van der Waals surface area (Å²) in [7, 11) is 1.52. The van der Waals surface area contributed by atoms with E-state index in [-0.39, 0.29) is 13.2 Å². The van der Waals surface area contributed by atoms with E-state index < -0.39 is 18.8 Å². The Labute approximate surface area is 106 Å². The largest absolute Gasteiger partial charge is 0.401 e. The highest BCUT2D eigenvalue weighted by Gasteiger charge is 2.31. The first-order chi connectivity index (χ1) is 8.39. The SMILES string of the molecule is CCCN(CC(O)COCCOC)CC(F)(F)F. The molecule has 4 nitrogen and oxygen atoms in total. The fraction of sp³-hybridized carbons (Fsp3) is 1.00. The molecule has 1 unspecified atom stereocenters. The van der Waals surface area contributed by atoms with Crippen LogP contribution in [-0.2, 0) is 9.47 Å². The summed E-state index contributed by atoms with van der Waals surface area (Å²) in [5.41, 5.74) is 0.